The maximum Gasteiger partial charge on any atom is 0.416 e. The molecule has 7 heteroatoms. The first-order valence-corrected chi connectivity index (χ1v) is 10.4. The highest BCUT2D eigenvalue weighted by molar-refractivity contribution is 5.85. The van der Waals surface area contributed by atoms with Crippen molar-refractivity contribution in [3.63, 3.8) is 0 Å². The van der Waals surface area contributed by atoms with Gasteiger partial charge in [0.25, 0.3) is 0 Å². The molecular weight excluding hydrogens is 413 g/mol. The molecule has 1 aliphatic heterocycles. The van der Waals surface area contributed by atoms with E-state index in [4.69, 9.17) is 4.74 Å². The van der Waals surface area contributed by atoms with Crippen LogP contribution in [0, 0.1) is 0 Å². The van der Waals surface area contributed by atoms with Crippen LogP contribution in [0.15, 0.2) is 42.5 Å². The first-order chi connectivity index (χ1) is 14.0. The number of hydrogen-bond acceptors (Lipinski definition) is 3. The number of alkyl halides is 3. The summed E-state index contributed by atoms with van der Waals surface area (Å²) < 4.78 is 44.7. The Labute approximate surface area is 182 Å². The highest BCUT2D eigenvalue weighted by Crippen LogP contribution is 2.32. The minimum atomic E-state index is -4.29. The summed E-state index contributed by atoms with van der Waals surface area (Å²) in [5.74, 6) is 0.958. The molecule has 0 radical (unpaired) electrons. The zero-order valence-corrected chi connectivity index (χ0v) is 17.8. The number of piperazine rings is 1. The molecule has 1 aliphatic carbocycles. The number of halogens is 4. The van der Waals surface area contributed by atoms with E-state index in [1.807, 2.05) is 4.90 Å². The van der Waals surface area contributed by atoms with E-state index in [-0.39, 0.29) is 12.4 Å². The van der Waals surface area contributed by atoms with Gasteiger partial charge in [0.2, 0.25) is 0 Å². The van der Waals surface area contributed by atoms with Gasteiger partial charge in [-0.05, 0) is 67.1 Å². The molecule has 1 saturated heterocycles. The van der Waals surface area contributed by atoms with E-state index in [2.05, 4.69) is 23.1 Å². The minimum Gasteiger partial charge on any atom is -0.494 e. The molecule has 4 rings (SSSR count). The number of fused-ring (bicyclic) bond motifs is 1. The second-order valence-electron chi connectivity index (χ2n) is 7.86. The standard InChI is InChI=1S/C23H27F3N2O.ClH/c24-23(25,26)20-6-2-7-21(17-20)28-13-11-27(12-14-28)10-3-15-29-22-9-8-18-4-1-5-19(18)16-22;/h2,6-9,16-17H,1,3-5,10-15H2;1H. The van der Waals surface area contributed by atoms with Gasteiger partial charge < -0.3 is 9.64 Å². The summed E-state index contributed by atoms with van der Waals surface area (Å²) in [7, 11) is 0. The summed E-state index contributed by atoms with van der Waals surface area (Å²) >= 11 is 0. The van der Waals surface area contributed by atoms with E-state index in [1.165, 1.54) is 36.1 Å². The monoisotopic (exact) mass is 440 g/mol. The van der Waals surface area contributed by atoms with Crippen molar-refractivity contribution in [1.82, 2.24) is 4.90 Å². The van der Waals surface area contributed by atoms with E-state index in [0.717, 1.165) is 57.4 Å². The average Bonchev–Trinajstić information content (AvgIpc) is 3.19. The molecule has 0 bridgehead atoms. The van der Waals surface area contributed by atoms with Crippen molar-refractivity contribution in [1.29, 1.82) is 0 Å². The van der Waals surface area contributed by atoms with Gasteiger partial charge in [-0.2, -0.15) is 13.2 Å². The van der Waals surface area contributed by atoms with Gasteiger partial charge in [0, 0.05) is 38.4 Å². The summed E-state index contributed by atoms with van der Waals surface area (Å²) in [5.41, 5.74) is 2.95. The third kappa shape index (κ3) is 5.61. The Morgan fingerprint density at radius 2 is 1.67 bits per heavy atom. The fourth-order valence-electron chi connectivity index (χ4n) is 4.22. The van der Waals surface area contributed by atoms with Crippen LogP contribution in [0.3, 0.4) is 0 Å². The Morgan fingerprint density at radius 3 is 2.43 bits per heavy atom. The van der Waals surface area contributed by atoms with Gasteiger partial charge in [-0.15, -0.1) is 12.4 Å². The average molecular weight is 441 g/mol. The summed E-state index contributed by atoms with van der Waals surface area (Å²) in [6, 6.07) is 12.1. The number of ether oxygens (including phenoxy) is 1. The molecule has 1 fully saturated rings. The molecule has 0 saturated carbocycles. The Balaban J connectivity index is 0.00000256. The number of aryl methyl sites for hydroxylation is 2. The van der Waals surface area contributed by atoms with Crippen molar-refractivity contribution in [2.75, 3.05) is 44.2 Å². The lowest BCUT2D eigenvalue weighted by Crippen LogP contribution is -2.46. The van der Waals surface area contributed by atoms with Gasteiger partial charge in [-0.1, -0.05) is 12.1 Å². The molecule has 2 aliphatic rings. The van der Waals surface area contributed by atoms with Crippen LogP contribution >= 0.6 is 12.4 Å². The molecule has 2 aromatic carbocycles. The van der Waals surface area contributed by atoms with E-state index in [1.54, 1.807) is 6.07 Å². The normalized spacial score (nSPS) is 16.8. The molecule has 0 amide bonds. The Bertz CT molecular complexity index is 835. The zero-order valence-electron chi connectivity index (χ0n) is 17.0. The van der Waals surface area contributed by atoms with Crippen LogP contribution in [0.5, 0.6) is 5.75 Å². The van der Waals surface area contributed by atoms with Gasteiger partial charge in [-0.25, -0.2) is 0 Å². The van der Waals surface area contributed by atoms with Crippen LogP contribution in [-0.4, -0.2) is 44.2 Å². The van der Waals surface area contributed by atoms with E-state index in [9.17, 15) is 13.2 Å². The number of anilines is 1. The van der Waals surface area contributed by atoms with Crippen LogP contribution in [0.4, 0.5) is 18.9 Å². The van der Waals surface area contributed by atoms with Crippen LogP contribution in [-0.2, 0) is 19.0 Å². The number of rotatable bonds is 6. The van der Waals surface area contributed by atoms with Gasteiger partial charge in [0.15, 0.2) is 0 Å². The Hall–Kier alpha value is -1.92. The molecule has 0 unspecified atom stereocenters. The number of benzene rings is 2. The predicted octanol–water partition coefficient (Wildman–Crippen LogP) is 5.21. The smallest absolute Gasteiger partial charge is 0.416 e. The number of nitrogens with zero attached hydrogens (tertiary/aromatic N) is 2. The second-order valence-corrected chi connectivity index (χ2v) is 7.86. The number of hydrogen-bond donors (Lipinski definition) is 0. The Kier molecular flexibility index (Phi) is 7.53. The Morgan fingerprint density at radius 1 is 0.900 bits per heavy atom. The van der Waals surface area contributed by atoms with Crippen LogP contribution in [0.25, 0.3) is 0 Å². The first-order valence-electron chi connectivity index (χ1n) is 10.4. The molecule has 2 aromatic rings. The third-order valence-corrected chi connectivity index (χ3v) is 5.87. The van der Waals surface area contributed by atoms with Gasteiger partial charge in [0.1, 0.15) is 5.75 Å². The molecule has 1 heterocycles. The van der Waals surface area contributed by atoms with Gasteiger partial charge in [-0.3, -0.25) is 4.90 Å². The van der Waals surface area contributed by atoms with Crippen LogP contribution in [0.2, 0.25) is 0 Å². The minimum absolute atomic E-state index is 0. The molecular formula is C23H28ClF3N2O. The summed E-state index contributed by atoms with van der Waals surface area (Å²) in [6.45, 7) is 4.83. The van der Waals surface area contributed by atoms with Gasteiger partial charge >= 0.3 is 6.18 Å². The predicted molar refractivity (Wildman–Crippen MR) is 116 cm³/mol. The zero-order chi connectivity index (χ0) is 20.3. The summed E-state index contributed by atoms with van der Waals surface area (Å²) in [5, 5.41) is 0. The van der Waals surface area contributed by atoms with Crippen molar-refractivity contribution < 1.29 is 17.9 Å². The maximum atomic E-state index is 12.9. The van der Waals surface area contributed by atoms with Crippen molar-refractivity contribution in [2.45, 2.75) is 31.9 Å². The van der Waals surface area contributed by atoms with Crippen molar-refractivity contribution in [2.24, 2.45) is 0 Å². The topological polar surface area (TPSA) is 15.7 Å². The molecule has 164 valence electrons. The van der Waals surface area contributed by atoms with Crippen LogP contribution < -0.4 is 9.64 Å². The highest BCUT2D eigenvalue weighted by atomic mass is 35.5. The largest absolute Gasteiger partial charge is 0.494 e. The summed E-state index contributed by atoms with van der Waals surface area (Å²) in [6.07, 6.45) is 0.230. The quantitative estimate of drug-likeness (QED) is 0.574. The molecule has 0 spiro atoms. The van der Waals surface area contributed by atoms with Crippen molar-refractivity contribution >= 4 is 18.1 Å². The molecule has 0 aromatic heterocycles. The lowest BCUT2D eigenvalue weighted by Gasteiger charge is -2.36. The maximum absolute atomic E-state index is 12.9. The second kappa shape index (κ2) is 9.92. The SMILES string of the molecule is Cl.FC(F)(F)c1cccc(N2CCN(CCCOc3ccc4c(c3)CCC4)CC2)c1. The fraction of sp³-hybridized carbons (Fsp3) is 0.478. The third-order valence-electron chi connectivity index (χ3n) is 5.87. The highest BCUT2D eigenvalue weighted by Gasteiger charge is 2.31. The van der Waals surface area contributed by atoms with E-state index < -0.39 is 11.7 Å². The lowest BCUT2D eigenvalue weighted by atomic mass is 10.1. The summed E-state index contributed by atoms with van der Waals surface area (Å²) in [4.78, 5) is 4.39. The van der Waals surface area contributed by atoms with E-state index >= 15 is 0 Å². The first kappa shape index (κ1) is 22.8. The van der Waals surface area contributed by atoms with Crippen molar-refractivity contribution in [3.05, 3.63) is 59.2 Å². The molecule has 30 heavy (non-hydrogen) atoms. The van der Waals surface area contributed by atoms with Crippen molar-refractivity contribution in [3.8, 4) is 5.75 Å². The van der Waals surface area contributed by atoms with E-state index in [0.29, 0.717) is 12.3 Å². The molecule has 3 nitrogen and oxygen atoms in total. The van der Waals surface area contributed by atoms with Crippen LogP contribution in [0.1, 0.15) is 29.5 Å². The van der Waals surface area contributed by atoms with Gasteiger partial charge in [0.05, 0.1) is 12.2 Å². The molecule has 0 atom stereocenters. The molecule has 0 N–H and O–H groups in total. The lowest BCUT2D eigenvalue weighted by molar-refractivity contribution is -0.137. The fourth-order valence-corrected chi connectivity index (χ4v) is 4.22.